The Kier molecular flexibility index (Phi) is 5.53. The van der Waals surface area contributed by atoms with Gasteiger partial charge in [-0.3, -0.25) is 0 Å². The zero-order valence-corrected chi connectivity index (χ0v) is 11.2. The van der Waals surface area contributed by atoms with E-state index in [1.165, 1.54) is 71.0 Å². The molecule has 2 nitrogen and oxygen atoms in total. The highest BCUT2D eigenvalue weighted by molar-refractivity contribution is 5.05. The highest BCUT2D eigenvalue weighted by Gasteiger charge is 2.18. The number of hydrogen-bond acceptors (Lipinski definition) is 2. The first kappa shape index (κ1) is 13.1. The second-order valence-corrected chi connectivity index (χ2v) is 5.72. The molecule has 2 rings (SSSR count). The van der Waals surface area contributed by atoms with Crippen LogP contribution in [-0.2, 0) is 0 Å². The first-order valence-electron chi connectivity index (χ1n) is 7.49. The van der Waals surface area contributed by atoms with Crippen molar-refractivity contribution in [3.8, 4) is 0 Å². The molecule has 0 aromatic rings. The van der Waals surface area contributed by atoms with Crippen molar-refractivity contribution in [1.82, 2.24) is 4.90 Å². The molecule has 0 unspecified atom stereocenters. The van der Waals surface area contributed by atoms with Gasteiger partial charge in [0.15, 0.2) is 0 Å². The molecule has 2 aliphatic rings. The largest absolute Gasteiger partial charge is 0.330 e. The second kappa shape index (κ2) is 7.17. The SMILES string of the molecule is NCCC1CCN(CCC2=CCCCC2)CC1. The molecule has 1 aliphatic heterocycles. The van der Waals surface area contributed by atoms with Crippen molar-refractivity contribution in [2.24, 2.45) is 11.7 Å². The molecule has 2 heteroatoms. The Morgan fingerprint density at radius 3 is 2.71 bits per heavy atom. The summed E-state index contributed by atoms with van der Waals surface area (Å²) in [5, 5.41) is 0. The molecule has 0 amide bonds. The third-order valence-electron chi connectivity index (χ3n) is 4.42. The number of nitrogens with zero attached hydrogens (tertiary/aromatic N) is 1. The van der Waals surface area contributed by atoms with E-state index in [9.17, 15) is 0 Å². The Bertz CT molecular complexity index is 239. The zero-order chi connectivity index (χ0) is 11.9. The summed E-state index contributed by atoms with van der Waals surface area (Å²) in [7, 11) is 0. The van der Waals surface area contributed by atoms with Crippen LogP contribution >= 0.6 is 0 Å². The van der Waals surface area contributed by atoms with Crippen molar-refractivity contribution < 1.29 is 0 Å². The smallest absolute Gasteiger partial charge is 0.00186 e. The molecule has 1 saturated heterocycles. The Morgan fingerprint density at radius 2 is 2.06 bits per heavy atom. The molecule has 0 aromatic carbocycles. The van der Waals surface area contributed by atoms with Crippen molar-refractivity contribution in [3.05, 3.63) is 11.6 Å². The quantitative estimate of drug-likeness (QED) is 0.744. The second-order valence-electron chi connectivity index (χ2n) is 5.72. The molecule has 0 atom stereocenters. The van der Waals surface area contributed by atoms with E-state index in [1.54, 1.807) is 5.57 Å². The van der Waals surface area contributed by atoms with Crippen LogP contribution < -0.4 is 5.73 Å². The number of likely N-dealkylation sites (tertiary alicyclic amines) is 1. The van der Waals surface area contributed by atoms with Gasteiger partial charge in [-0.2, -0.15) is 0 Å². The maximum atomic E-state index is 5.63. The molecule has 0 aromatic heterocycles. The van der Waals surface area contributed by atoms with E-state index in [2.05, 4.69) is 11.0 Å². The average molecular weight is 236 g/mol. The summed E-state index contributed by atoms with van der Waals surface area (Å²) < 4.78 is 0. The molecule has 0 saturated carbocycles. The standard InChI is InChI=1S/C15H28N2/c16-10-6-15-8-12-17(13-9-15)11-7-14-4-2-1-3-5-14/h4,15H,1-3,5-13,16H2. The van der Waals surface area contributed by atoms with Crippen LogP contribution in [0.4, 0.5) is 0 Å². The lowest BCUT2D eigenvalue weighted by atomic mass is 9.93. The third kappa shape index (κ3) is 4.44. The Morgan fingerprint density at radius 1 is 1.24 bits per heavy atom. The summed E-state index contributed by atoms with van der Waals surface area (Å²) >= 11 is 0. The number of hydrogen-bond donors (Lipinski definition) is 1. The van der Waals surface area contributed by atoms with Gasteiger partial charge >= 0.3 is 0 Å². The van der Waals surface area contributed by atoms with Crippen LogP contribution in [0.5, 0.6) is 0 Å². The number of allylic oxidation sites excluding steroid dienone is 1. The highest BCUT2D eigenvalue weighted by Crippen LogP contribution is 2.23. The van der Waals surface area contributed by atoms with E-state index in [0.717, 1.165) is 12.5 Å². The topological polar surface area (TPSA) is 29.3 Å². The maximum Gasteiger partial charge on any atom is 0.00186 e. The molecule has 0 bridgehead atoms. The summed E-state index contributed by atoms with van der Waals surface area (Å²) in [4.78, 5) is 2.66. The van der Waals surface area contributed by atoms with E-state index in [4.69, 9.17) is 5.73 Å². The summed E-state index contributed by atoms with van der Waals surface area (Å²) in [5.74, 6) is 0.908. The molecule has 17 heavy (non-hydrogen) atoms. The summed E-state index contributed by atoms with van der Waals surface area (Å²) in [5.41, 5.74) is 7.35. The first-order valence-corrected chi connectivity index (χ1v) is 7.49. The van der Waals surface area contributed by atoms with Crippen LogP contribution in [0.25, 0.3) is 0 Å². The molecule has 2 N–H and O–H groups in total. The van der Waals surface area contributed by atoms with E-state index < -0.39 is 0 Å². The van der Waals surface area contributed by atoms with Crippen molar-refractivity contribution in [2.75, 3.05) is 26.2 Å². The van der Waals surface area contributed by atoms with Crippen LogP contribution in [0, 0.1) is 5.92 Å². The van der Waals surface area contributed by atoms with E-state index >= 15 is 0 Å². The van der Waals surface area contributed by atoms with Gasteiger partial charge < -0.3 is 10.6 Å². The van der Waals surface area contributed by atoms with Crippen molar-refractivity contribution in [2.45, 2.75) is 51.4 Å². The molecular formula is C15H28N2. The summed E-state index contributed by atoms with van der Waals surface area (Å²) in [6.07, 6.45) is 13.3. The van der Waals surface area contributed by atoms with Gasteiger partial charge in [0.1, 0.15) is 0 Å². The van der Waals surface area contributed by atoms with E-state index in [-0.39, 0.29) is 0 Å². The van der Waals surface area contributed by atoms with Gasteiger partial charge in [-0.1, -0.05) is 11.6 Å². The Labute approximate surface area is 106 Å². The molecule has 0 spiro atoms. The predicted molar refractivity (Wildman–Crippen MR) is 74.0 cm³/mol. The number of rotatable bonds is 5. The third-order valence-corrected chi connectivity index (χ3v) is 4.42. The summed E-state index contributed by atoms with van der Waals surface area (Å²) in [6.45, 7) is 4.77. The maximum absolute atomic E-state index is 5.63. The predicted octanol–water partition coefficient (Wildman–Crippen LogP) is 2.94. The first-order chi connectivity index (χ1) is 8.38. The van der Waals surface area contributed by atoms with Gasteiger partial charge in [-0.25, -0.2) is 0 Å². The molecule has 1 heterocycles. The van der Waals surface area contributed by atoms with Gasteiger partial charge in [0, 0.05) is 6.54 Å². The summed E-state index contributed by atoms with van der Waals surface area (Å²) in [6, 6.07) is 0. The molecule has 0 radical (unpaired) electrons. The highest BCUT2D eigenvalue weighted by atomic mass is 15.1. The Balaban J connectivity index is 1.62. The average Bonchev–Trinajstić information content (AvgIpc) is 2.40. The molecule has 1 aliphatic carbocycles. The fourth-order valence-corrected chi connectivity index (χ4v) is 3.17. The van der Waals surface area contributed by atoms with Gasteiger partial charge in [0.05, 0.1) is 0 Å². The van der Waals surface area contributed by atoms with Gasteiger partial charge in [0.2, 0.25) is 0 Å². The van der Waals surface area contributed by atoms with Crippen molar-refractivity contribution in [3.63, 3.8) is 0 Å². The molecule has 98 valence electrons. The monoisotopic (exact) mass is 236 g/mol. The lowest BCUT2D eigenvalue weighted by Crippen LogP contribution is -2.35. The van der Waals surface area contributed by atoms with Crippen molar-refractivity contribution >= 4 is 0 Å². The van der Waals surface area contributed by atoms with Crippen LogP contribution in [-0.4, -0.2) is 31.1 Å². The Hall–Kier alpha value is -0.340. The van der Waals surface area contributed by atoms with E-state index in [0.29, 0.717) is 0 Å². The van der Waals surface area contributed by atoms with Gasteiger partial charge in [0.25, 0.3) is 0 Å². The van der Waals surface area contributed by atoms with Gasteiger partial charge in [-0.05, 0) is 76.9 Å². The zero-order valence-electron chi connectivity index (χ0n) is 11.2. The minimum Gasteiger partial charge on any atom is -0.330 e. The normalized spacial score (nSPS) is 23.7. The number of nitrogens with two attached hydrogens (primary N) is 1. The fraction of sp³-hybridized carbons (Fsp3) is 0.867. The van der Waals surface area contributed by atoms with Crippen LogP contribution in [0.1, 0.15) is 51.4 Å². The lowest BCUT2D eigenvalue weighted by Gasteiger charge is -2.32. The van der Waals surface area contributed by atoms with Crippen LogP contribution in [0.2, 0.25) is 0 Å². The number of piperidine rings is 1. The van der Waals surface area contributed by atoms with Crippen LogP contribution in [0.3, 0.4) is 0 Å². The molecule has 1 fully saturated rings. The van der Waals surface area contributed by atoms with Gasteiger partial charge in [-0.15, -0.1) is 0 Å². The lowest BCUT2D eigenvalue weighted by molar-refractivity contribution is 0.181. The van der Waals surface area contributed by atoms with Crippen LogP contribution in [0.15, 0.2) is 11.6 Å². The fourth-order valence-electron chi connectivity index (χ4n) is 3.17. The minimum absolute atomic E-state index is 0.873. The van der Waals surface area contributed by atoms with E-state index in [1.807, 2.05) is 0 Å². The minimum atomic E-state index is 0.873. The van der Waals surface area contributed by atoms with Crippen molar-refractivity contribution in [1.29, 1.82) is 0 Å². The molecular weight excluding hydrogens is 208 g/mol.